The van der Waals surface area contributed by atoms with E-state index in [4.69, 9.17) is 0 Å². The van der Waals surface area contributed by atoms with Crippen LogP contribution in [0.3, 0.4) is 0 Å². The molecule has 1 amide bonds. The molecule has 6 nitrogen and oxygen atoms in total. The van der Waals surface area contributed by atoms with Crippen molar-refractivity contribution in [3.05, 3.63) is 89.5 Å². The minimum absolute atomic E-state index is 0.0474. The topological polar surface area (TPSA) is 79.4 Å². The zero-order valence-electron chi connectivity index (χ0n) is 16.0. The molecule has 2 aromatic carbocycles. The lowest BCUT2D eigenvalue weighted by Gasteiger charge is -2.19. The number of sulfonamides is 1. The van der Waals surface area contributed by atoms with Crippen LogP contribution in [-0.4, -0.2) is 31.3 Å². The third kappa shape index (κ3) is 4.78. The fourth-order valence-corrected chi connectivity index (χ4v) is 4.11. The van der Waals surface area contributed by atoms with Crippen molar-refractivity contribution in [2.24, 2.45) is 0 Å². The average Bonchev–Trinajstić information content (AvgIpc) is 2.71. The Morgan fingerprint density at radius 2 is 1.79 bits per heavy atom. The number of hydrogen-bond acceptors (Lipinski definition) is 4. The maximum atomic E-state index is 13.1. The molecule has 150 valence electrons. The van der Waals surface area contributed by atoms with Crippen molar-refractivity contribution < 1.29 is 17.6 Å². The Balaban J connectivity index is 1.88. The molecule has 0 spiro atoms. The third-order valence-electron chi connectivity index (χ3n) is 4.37. The third-order valence-corrected chi connectivity index (χ3v) is 5.79. The molecule has 0 aliphatic rings. The second-order valence-electron chi connectivity index (χ2n) is 6.58. The van der Waals surface area contributed by atoms with Gasteiger partial charge in [-0.15, -0.1) is 0 Å². The number of aromatic nitrogens is 1. The smallest absolute Gasteiger partial charge is 0.262 e. The van der Waals surface area contributed by atoms with Crippen LogP contribution in [0.1, 0.15) is 21.5 Å². The van der Waals surface area contributed by atoms with Gasteiger partial charge in [0.15, 0.2) is 0 Å². The molecule has 0 aliphatic heterocycles. The van der Waals surface area contributed by atoms with Crippen LogP contribution < -0.4 is 4.72 Å². The molecule has 0 saturated heterocycles. The fraction of sp³-hybridized carbons (Fsp3) is 0.143. The molecule has 0 unspecified atom stereocenters. The summed E-state index contributed by atoms with van der Waals surface area (Å²) >= 11 is 0. The normalized spacial score (nSPS) is 11.1. The van der Waals surface area contributed by atoms with Gasteiger partial charge in [0.05, 0.1) is 17.4 Å². The van der Waals surface area contributed by atoms with Crippen LogP contribution in [-0.2, 0) is 16.6 Å². The molecule has 1 aromatic heterocycles. The van der Waals surface area contributed by atoms with Crippen molar-refractivity contribution in [1.29, 1.82) is 0 Å². The number of hydrogen-bond donors (Lipinski definition) is 1. The van der Waals surface area contributed by atoms with Crippen molar-refractivity contribution in [3.63, 3.8) is 0 Å². The Labute approximate surface area is 169 Å². The predicted octanol–water partition coefficient (Wildman–Crippen LogP) is 3.60. The van der Waals surface area contributed by atoms with Crippen LogP contribution in [0.15, 0.2) is 71.9 Å². The zero-order valence-corrected chi connectivity index (χ0v) is 16.8. The number of pyridine rings is 1. The summed E-state index contributed by atoms with van der Waals surface area (Å²) in [5, 5.41) is 0. The number of amides is 1. The number of aryl methyl sites for hydroxylation is 1. The summed E-state index contributed by atoms with van der Waals surface area (Å²) in [6.07, 6.45) is 2.98. The van der Waals surface area contributed by atoms with E-state index >= 15 is 0 Å². The SMILES string of the molecule is Cc1ccncc1NS(=O)(=O)c1ccccc1C(=O)N(C)Cc1ccc(F)cc1. The van der Waals surface area contributed by atoms with Gasteiger partial charge in [-0.2, -0.15) is 0 Å². The molecule has 29 heavy (non-hydrogen) atoms. The largest absolute Gasteiger partial charge is 0.337 e. The minimum Gasteiger partial charge on any atom is -0.337 e. The van der Waals surface area contributed by atoms with E-state index in [-0.39, 0.29) is 22.8 Å². The van der Waals surface area contributed by atoms with Crippen LogP contribution in [0.25, 0.3) is 0 Å². The Kier molecular flexibility index (Phi) is 5.93. The van der Waals surface area contributed by atoms with Crippen LogP contribution in [0, 0.1) is 12.7 Å². The second kappa shape index (κ2) is 8.40. The summed E-state index contributed by atoms with van der Waals surface area (Å²) in [5.41, 5.74) is 1.83. The van der Waals surface area contributed by atoms with Crippen molar-refractivity contribution in [3.8, 4) is 0 Å². The Morgan fingerprint density at radius 1 is 1.10 bits per heavy atom. The van der Waals surface area contributed by atoms with E-state index in [1.165, 1.54) is 35.4 Å². The van der Waals surface area contributed by atoms with Crippen molar-refractivity contribution >= 4 is 21.6 Å². The lowest BCUT2D eigenvalue weighted by atomic mass is 10.1. The number of nitrogens with one attached hydrogen (secondary N) is 1. The lowest BCUT2D eigenvalue weighted by molar-refractivity contribution is 0.0781. The monoisotopic (exact) mass is 413 g/mol. The number of benzene rings is 2. The highest BCUT2D eigenvalue weighted by Crippen LogP contribution is 2.22. The van der Waals surface area contributed by atoms with E-state index in [2.05, 4.69) is 9.71 Å². The van der Waals surface area contributed by atoms with Crippen LogP contribution >= 0.6 is 0 Å². The summed E-state index contributed by atoms with van der Waals surface area (Å²) in [4.78, 5) is 18.1. The Morgan fingerprint density at radius 3 is 2.48 bits per heavy atom. The molecule has 0 radical (unpaired) electrons. The molecule has 8 heteroatoms. The van der Waals surface area contributed by atoms with Crippen LogP contribution in [0.2, 0.25) is 0 Å². The molecule has 0 fully saturated rings. The van der Waals surface area contributed by atoms with Crippen molar-refractivity contribution in [1.82, 2.24) is 9.88 Å². The van der Waals surface area contributed by atoms with E-state index in [0.29, 0.717) is 11.3 Å². The molecule has 0 bridgehead atoms. The van der Waals surface area contributed by atoms with E-state index < -0.39 is 15.9 Å². The summed E-state index contributed by atoms with van der Waals surface area (Å²) in [7, 11) is -2.45. The molecule has 1 heterocycles. The van der Waals surface area contributed by atoms with Gasteiger partial charge in [0.25, 0.3) is 15.9 Å². The van der Waals surface area contributed by atoms with Crippen molar-refractivity contribution in [2.45, 2.75) is 18.4 Å². The maximum absolute atomic E-state index is 13.1. The van der Waals surface area contributed by atoms with Gasteiger partial charge in [-0.25, -0.2) is 12.8 Å². The van der Waals surface area contributed by atoms with Gasteiger partial charge in [0, 0.05) is 19.8 Å². The average molecular weight is 413 g/mol. The van der Waals surface area contributed by atoms with E-state index in [9.17, 15) is 17.6 Å². The fourth-order valence-electron chi connectivity index (χ4n) is 2.79. The number of carbonyl (C=O) groups excluding carboxylic acids is 1. The molecule has 0 saturated carbocycles. The molecular formula is C21H20FN3O3S. The number of anilines is 1. The molecular weight excluding hydrogens is 393 g/mol. The predicted molar refractivity (Wildman–Crippen MR) is 108 cm³/mol. The highest BCUT2D eigenvalue weighted by molar-refractivity contribution is 7.92. The van der Waals surface area contributed by atoms with Gasteiger partial charge in [-0.1, -0.05) is 24.3 Å². The zero-order chi connectivity index (χ0) is 21.0. The summed E-state index contributed by atoms with van der Waals surface area (Å²) < 4.78 is 41.5. The van der Waals surface area contributed by atoms with E-state index in [0.717, 1.165) is 5.56 Å². The summed E-state index contributed by atoms with van der Waals surface area (Å²) in [5.74, 6) is -0.825. The van der Waals surface area contributed by atoms with Gasteiger partial charge in [-0.05, 0) is 48.4 Å². The first-order valence-corrected chi connectivity index (χ1v) is 10.3. The highest BCUT2D eigenvalue weighted by atomic mass is 32.2. The molecule has 3 rings (SSSR count). The molecule has 3 aromatic rings. The number of rotatable bonds is 6. The van der Waals surface area contributed by atoms with E-state index in [1.54, 1.807) is 50.5 Å². The first-order valence-electron chi connectivity index (χ1n) is 8.80. The van der Waals surface area contributed by atoms with E-state index in [1.807, 2.05) is 0 Å². The quantitative estimate of drug-likeness (QED) is 0.670. The molecule has 0 atom stereocenters. The van der Waals surface area contributed by atoms with Crippen LogP contribution in [0.4, 0.5) is 10.1 Å². The molecule has 0 aliphatic carbocycles. The number of nitrogens with zero attached hydrogens (tertiary/aromatic N) is 2. The second-order valence-corrected chi connectivity index (χ2v) is 8.23. The lowest BCUT2D eigenvalue weighted by Crippen LogP contribution is -2.28. The molecule has 1 N–H and O–H groups in total. The summed E-state index contributed by atoms with van der Waals surface area (Å²) in [6, 6.07) is 13.5. The van der Waals surface area contributed by atoms with Crippen molar-refractivity contribution in [2.75, 3.05) is 11.8 Å². The van der Waals surface area contributed by atoms with Gasteiger partial charge in [0.1, 0.15) is 10.7 Å². The first kappa shape index (κ1) is 20.5. The van der Waals surface area contributed by atoms with Crippen LogP contribution in [0.5, 0.6) is 0 Å². The van der Waals surface area contributed by atoms with Gasteiger partial charge in [-0.3, -0.25) is 14.5 Å². The van der Waals surface area contributed by atoms with Gasteiger partial charge >= 0.3 is 0 Å². The Bertz CT molecular complexity index is 1130. The first-order chi connectivity index (χ1) is 13.8. The minimum atomic E-state index is -4.01. The summed E-state index contributed by atoms with van der Waals surface area (Å²) in [6.45, 7) is 1.97. The highest BCUT2D eigenvalue weighted by Gasteiger charge is 2.24. The van der Waals surface area contributed by atoms with Gasteiger partial charge in [0.2, 0.25) is 0 Å². The number of halogens is 1. The van der Waals surface area contributed by atoms with Gasteiger partial charge < -0.3 is 4.90 Å². The standard InChI is InChI=1S/C21H20FN3O3S/c1-15-11-12-23-13-19(15)24-29(27,28)20-6-4-3-5-18(20)21(26)25(2)14-16-7-9-17(22)10-8-16/h3-13,24H,14H2,1-2H3. The Hall–Kier alpha value is -3.26. The number of carbonyl (C=O) groups is 1. The maximum Gasteiger partial charge on any atom is 0.262 e.